The Morgan fingerprint density at radius 2 is 2.24 bits per heavy atom. The monoisotopic (exact) mass is 255 g/mol. The topological polar surface area (TPSA) is 30.5 Å². The van der Waals surface area contributed by atoms with Crippen molar-refractivity contribution < 1.29 is 9.47 Å². The normalized spacial score (nSPS) is 17.5. The first-order chi connectivity index (χ1) is 8.29. The Kier molecular flexibility index (Phi) is 4.98. The van der Waals surface area contributed by atoms with E-state index in [1.165, 1.54) is 15.3 Å². The van der Waals surface area contributed by atoms with Crippen molar-refractivity contribution in [2.24, 2.45) is 0 Å². The molecule has 1 saturated heterocycles. The summed E-state index contributed by atoms with van der Waals surface area (Å²) in [5.41, 5.74) is 1.34. The summed E-state index contributed by atoms with van der Waals surface area (Å²) < 4.78 is 11.3. The van der Waals surface area contributed by atoms with Gasteiger partial charge in [0.1, 0.15) is 0 Å². The van der Waals surface area contributed by atoms with E-state index in [4.69, 9.17) is 9.47 Å². The minimum absolute atomic E-state index is 0.385. The van der Waals surface area contributed by atoms with Gasteiger partial charge in [-0.25, -0.2) is 0 Å². The predicted octanol–water partition coefficient (Wildman–Crippen LogP) is 2.47. The summed E-state index contributed by atoms with van der Waals surface area (Å²) in [4.78, 5) is 2.76. The Balaban J connectivity index is 1.84. The third-order valence-corrected chi connectivity index (χ3v) is 4.16. The average molecular weight is 255 g/mol. The lowest BCUT2D eigenvalue weighted by molar-refractivity contribution is -0.0390. The van der Waals surface area contributed by atoms with Crippen LogP contribution in [0.15, 0.2) is 6.07 Å². The molecule has 1 aliphatic heterocycles. The zero-order chi connectivity index (χ0) is 12.1. The number of rotatable bonds is 5. The first kappa shape index (κ1) is 13.0. The minimum Gasteiger partial charge on any atom is -0.381 e. The van der Waals surface area contributed by atoms with Crippen LogP contribution >= 0.6 is 11.3 Å². The molecule has 1 aromatic rings. The largest absolute Gasteiger partial charge is 0.381 e. The molecular formula is C13H21NO2S. The van der Waals surface area contributed by atoms with Crippen LogP contribution in [0.2, 0.25) is 0 Å². The Morgan fingerprint density at radius 1 is 1.47 bits per heavy atom. The van der Waals surface area contributed by atoms with Gasteiger partial charge in [0.2, 0.25) is 0 Å². The number of aryl methyl sites for hydroxylation is 1. The van der Waals surface area contributed by atoms with E-state index in [9.17, 15) is 0 Å². The summed E-state index contributed by atoms with van der Waals surface area (Å²) in [5.74, 6) is 0. The van der Waals surface area contributed by atoms with E-state index in [0.717, 1.165) is 39.2 Å². The van der Waals surface area contributed by atoms with E-state index in [1.54, 1.807) is 0 Å². The first-order valence-electron chi connectivity index (χ1n) is 6.21. The molecule has 0 atom stereocenters. The van der Waals surface area contributed by atoms with Crippen LogP contribution in [-0.2, 0) is 22.6 Å². The van der Waals surface area contributed by atoms with Gasteiger partial charge in [0.25, 0.3) is 0 Å². The summed E-state index contributed by atoms with van der Waals surface area (Å²) in [6.45, 7) is 5.56. The number of hydrogen-bond acceptors (Lipinski definition) is 4. The summed E-state index contributed by atoms with van der Waals surface area (Å²) in [5, 5.41) is 3.18. The predicted molar refractivity (Wildman–Crippen MR) is 70.4 cm³/mol. The smallest absolute Gasteiger partial charge is 0.0731 e. The van der Waals surface area contributed by atoms with Crippen LogP contribution in [0.25, 0.3) is 0 Å². The van der Waals surface area contributed by atoms with Crippen molar-refractivity contribution in [1.29, 1.82) is 0 Å². The zero-order valence-electron chi connectivity index (χ0n) is 10.6. The van der Waals surface area contributed by atoms with Crippen LogP contribution in [0.1, 0.15) is 28.2 Å². The summed E-state index contributed by atoms with van der Waals surface area (Å²) in [7, 11) is 1.98. The molecule has 1 N–H and O–H groups in total. The number of hydrogen-bond donors (Lipinski definition) is 1. The molecule has 0 aromatic carbocycles. The van der Waals surface area contributed by atoms with Crippen molar-refractivity contribution in [2.45, 2.75) is 39.0 Å². The van der Waals surface area contributed by atoms with Gasteiger partial charge >= 0.3 is 0 Å². The highest BCUT2D eigenvalue weighted by Crippen LogP contribution is 2.23. The highest BCUT2D eigenvalue weighted by Gasteiger charge is 2.15. The molecule has 2 rings (SSSR count). The molecule has 0 aliphatic carbocycles. The van der Waals surface area contributed by atoms with Crippen LogP contribution < -0.4 is 5.32 Å². The molecule has 3 nitrogen and oxygen atoms in total. The molecule has 17 heavy (non-hydrogen) atoms. The van der Waals surface area contributed by atoms with Gasteiger partial charge < -0.3 is 14.8 Å². The second-order valence-electron chi connectivity index (χ2n) is 4.45. The third kappa shape index (κ3) is 3.78. The van der Waals surface area contributed by atoms with Gasteiger partial charge in [-0.1, -0.05) is 0 Å². The molecule has 1 fully saturated rings. The molecule has 0 bridgehead atoms. The quantitative estimate of drug-likeness (QED) is 0.877. The highest BCUT2D eigenvalue weighted by atomic mass is 32.1. The maximum absolute atomic E-state index is 5.95. The number of thiophene rings is 1. The molecule has 0 amide bonds. The standard InChI is InChI=1S/C13H21NO2S/c1-10-11(7-13(17-10)8-14-2)9-16-12-3-5-15-6-4-12/h7,12,14H,3-6,8-9H2,1-2H3. The zero-order valence-corrected chi connectivity index (χ0v) is 11.4. The van der Waals surface area contributed by atoms with Crippen LogP contribution in [0.3, 0.4) is 0 Å². The Morgan fingerprint density at radius 3 is 2.94 bits per heavy atom. The SMILES string of the molecule is CNCc1cc(COC2CCOCC2)c(C)s1. The van der Waals surface area contributed by atoms with Gasteiger partial charge in [-0.2, -0.15) is 0 Å². The van der Waals surface area contributed by atoms with Crippen molar-refractivity contribution in [2.75, 3.05) is 20.3 Å². The third-order valence-electron chi connectivity index (χ3n) is 3.07. The maximum atomic E-state index is 5.95. The molecule has 0 radical (unpaired) electrons. The number of ether oxygens (including phenoxy) is 2. The van der Waals surface area contributed by atoms with Crippen LogP contribution in [0.4, 0.5) is 0 Å². The van der Waals surface area contributed by atoms with Gasteiger partial charge in [0.05, 0.1) is 12.7 Å². The Labute approximate surface area is 107 Å². The molecule has 2 heterocycles. The maximum Gasteiger partial charge on any atom is 0.0731 e. The van der Waals surface area contributed by atoms with Crippen molar-refractivity contribution in [1.82, 2.24) is 5.32 Å². The molecule has 0 unspecified atom stereocenters. The van der Waals surface area contributed by atoms with Crippen LogP contribution in [-0.4, -0.2) is 26.4 Å². The van der Waals surface area contributed by atoms with Gasteiger partial charge in [0.15, 0.2) is 0 Å². The van der Waals surface area contributed by atoms with E-state index in [1.807, 2.05) is 18.4 Å². The fourth-order valence-electron chi connectivity index (χ4n) is 2.04. The molecular weight excluding hydrogens is 234 g/mol. The van der Waals surface area contributed by atoms with Crippen molar-refractivity contribution >= 4 is 11.3 Å². The van der Waals surface area contributed by atoms with E-state index < -0.39 is 0 Å². The van der Waals surface area contributed by atoms with Crippen molar-refractivity contribution in [3.05, 3.63) is 21.4 Å². The van der Waals surface area contributed by atoms with Crippen LogP contribution in [0.5, 0.6) is 0 Å². The Bertz CT molecular complexity index is 345. The second-order valence-corrected chi connectivity index (χ2v) is 5.79. The van der Waals surface area contributed by atoms with Crippen molar-refractivity contribution in [3.8, 4) is 0 Å². The second kappa shape index (κ2) is 6.50. The first-order valence-corrected chi connectivity index (χ1v) is 7.03. The lowest BCUT2D eigenvalue weighted by Gasteiger charge is -2.22. The summed E-state index contributed by atoms with van der Waals surface area (Å²) >= 11 is 1.86. The fraction of sp³-hybridized carbons (Fsp3) is 0.692. The van der Waals surface area contributed by atoms with E-state index in [0.29, 0.717) is 6.10 Å². The lowest BCUT2D eigenvalue weighted by Crippen LogP contribution is -2.23. The highest BCUT2D eigenvalue weighted by molar-refractivity contribution is 7.12. The fourth-order valence-corrected chi connectivity index (χ4v) is 3.10. The van der Waals surface area contributed by atoms with Gasteiger partial charge in [-0.15, -0.1) is 11.3 Å². The lowest BCUT2D eigenvalue weighted by atomic mass is 10.1. The van der Waals surface area contributed by atoms with E-state index >= 15 is 0 Å². The van der Waals surface area contributed by atoms with E-state index in [2.05, 4.69) is 18.3 Å². The average Bonchev–Trinajstić information content (AvgIpc) is 2.69. The Hall–Kier alpha value is -0.420. The number of nitrogens with one attached hydrogen (secondary N) is 1. The van der Waals surface area contributed by atoms with Gasteiger partial charge in [-0.3, -0.25) is 0 Å². The minimum atomic E-state index is 0.385. The summed E-state index contributed by atoms with van der Waals surface area (Å²) in [6, 6.07) is 2.26. The summed E-state index contributed by atoms with van der Waals surface area (Å²) in [6.07, 6.45) is 2.45. The molecule has 0 saturated carbocycles. The van der Waals surface area contributed by atoms with Crippen LogP contribution in [0, 0.1) is 6.92 Å². The molecule has 4 heteroatoms. The van der Waals surface area contributed by atoms with Gasteiger partial charge in [0, 0.05) is 29.5 Å². The van der Waals surface area contributed by atoms with E-state index in [-0.39, 0.29) is 0 Å². The van der Waals surface area contributed by atoms with Gasteiger partial charge in [-0.05, 0) is 38.4 Å². The molecule has 1 aliphatic rings. The molecule has 1 aromatic heterocycles. The molecule has 96 valence electrons. The van der Waals surface area contributed by atoms with Crippen molar-refractivity contribution in [3.63, 3.8) is 0 Å². The molecule has 0 spiro atoms.